The number of benzene rings is 1. The summed E-state index contributed by atoms with van der Waals surface area (Å²) >= 11 is 0. The van der Waals surface area contributed by atoms with Gasteiger partial charge in [-0.3, -0.25) is 4.90 Å². The minimum absolute atomic E-state index is 0.0776. The molecule has 14 heavy (non-hydrogen) atoms. The van der Waals surface area contributed by atoms with E-state index < -0.39 is 12.2 Å². The Morgan fingerprint density at radius 2 is 1.86 bits per heavy atom. The zero-order valence-electron chi connectivity index (χ0n) is 8.17. The van der Waals surface area contributed by atoms with Crippen LogP contribution in [0.15, 0.2) is 30.3 Å². The SMILES string of the molecule is CN1CC(O)C(O)C1c1ccccc1. The van der Waals surface area contributed by atoms with Crippen LogP contribution in [0.2, 0.25) is 0 Å². The molecule has 0 aliphatic carbocycles. The Morgan fingerprint density at radius 3 is 2.36 bits per heavy atom. The topological polar surface area (TPSA) is 43.7 Å². The summed E-state index contributed by atoms with van der Waals surface area (Å²) in [6, 6.07) is 9.71. The maximum Gasteiger partial charge on any atom is 0.101 e. The second-order valence-corrected chi connectivity index (χ2v) is 3.85. The van der Waals surface area contributed by atoms with Crippen molar-refractivity contribution in [3.05, 3.63) is 35.9 Å². The molecule has 3 heteroatoms. The molecule has 1 aliphatic rings. The van der Waals surface area contributed by atoms with E-state index in [-0.39, 0.29) is 6.04 Å². The summed E-state index contributed by atoms with van der Waals surface area (Å²) in [4.78, 5) is 1.98. The van der Waals surface area contributed by atoms with Gasteiger partial charge in [-0.15, -0.1) is 0 Å². The molecule has 1 aliphatic heterocycles. The van der Waals surface area contributed by atoms with Gasteiger partial charge in [-0.2, -0.15) is 0 Å². The van der Waals surface area contributed by atoms with Crippen LogP contribution in [0.4, 0.5) is 0 Å². The molecule has 2 rings (SSSR count). The molecule has 2 N–H and O–H groups in total. The van der Waals surface area contributed by atoms with Crippen LogP contribution in [-0.4, -0.2) is 40.9 Å². The fourth-order valence-corrected chi connectivity index (χ4v) is 2.09. The van der Waals surface area contributed by atoms with Crippen LogP contribution in [-0.2, 0) is 0 Å². The summed E-state index contributed by atoms with van der Waals surface area (Å²) in [6.45, 7) is 0.528. The van der Waals surface area contributed by atoms with Gasteiger partial charge in [-0.05, 0) is 12.6 Å². The summed E-state index contributed by atoms with van der Waals surface area (Å²) in [6.07, 6.45) is -1.31. The predicted molar refractivity (Wildman–Crippen MR) is 53.8 cm³/mol. The highest BCUT2D eigenvalue weighted by atomic mass is 16.3. The molecule has 0 spiro atoms. The average Bonchev–Trinajstić information content (AvgIpc) is 2.43. The summed E-state index contributed by atoms with van der Waals surface area (Å²) in [5, 5.41) is 19.3. The number of nitrogens with zero attached hydrogens (tertiary/aromatic N) is 1. The number of likely N-dealkylation sites (N-methyl/N-ethyl adjacent to an activating group) is 1. The van der Waals surface area contributed by atoms with Gasteiger partial charge in [-0.25, -0.2) is 0 Å². The first-order valence-corrected chi connectivity index (χ1v) is 4.81. The zero-order chi connectivity index (χ0) is 10.1. The van der Waals surface area contributed by atoms with Crippen molar-refractivity contribution in [1.82, 2.24) is 4.90 Å². The van der Waals surface area contributed by atoms with Gasteiger partial charge in [0.25, 0.3) is 0 Å². The normalized spacial score (nSPS) is 33.5. The highest BCUT2D eigenvalue weighted by Gasteiger charge is 2.38. The van der Waals surface area contributed by atoms with Crippen LogP contribution in [0.3, 0.4) is 0 Å². The van der Waals surface area contributed by atoms with Gasteiger partial charge in [0.15, 0.2) is 0 Å². The van der Waals surface area contributed by atoms with Gasteiger partial charge in [0.2, 0.25) is 0 Å². The Kier molecular flexibility index (Phi) is 2.54. The van der Waals surface area contributed by atoms with Gasteiger partial charge >= 0.3 is 0 Å². The predicted octanol–water partition coefficient (Wildman–Crippen LogP) is 0.395. The van der Waals surface area contributed by atoms with E-state index in [4.69, 9.17) is 0 Å². The van der Waals surface area contributed by atoms with Crippen LogP contribution < -0.4 is 0 Å². The van der Waals surface area contributed by atoms with E-state index in [0.29, 0.717) is 6.54 Å². The molecule has 0 saturated carbocycles. The van der Waals surface area contributed by atoms with Gasteiger partial charge in [-0.1, -0.05) is 30.3 Å². The van der Waals surface area contributed by atoms with Crippen molar-refractivity contribution in [2.75, 3.05) is 13.6 Å². The van der Waals surface area contributed by atoms with Crippen LogP contribution in [0.25, 0.3) is 0 Å². The molecule has 3 atom stereocenters. The molecule has 1 saturated heterocycles. The minimum Gasteiger partial charge on any atom is -0.389 e. The molecule has 76 valence electrons. The molecule has 1 heterocycles. The number of aliphatic hydroxyl groups is 2. The second-order valence-electron chi connectivity index (χ2n) is 3.85. The molecule has 3 unspecified atom stereocenters. The van der Waals surface area contributed by atoms with E-state index in [9.17, 15) is 10.2 Å². The number of aliphatic hydroxyl groups excluding tert-OH is 2. The molecule has 0 aromatic heterocycles. The van der Waals surface area contributed by atoms with Crippen molar-refractivity contribution in [3.8, 4) is 0 Å². The summed E-state index contributed by atoms with van der Waals surface area (Å²) in [5.74, 6) is 0. The van der Waals surface area contributed by atoms with E-state index in [1.165, 1.54) is 0 Å². The first-order valence-electron chi connectivity index (χ1n) is 4.81. The van der Waals surface area contributed by atoms with Gasteiger partial charge < -0.3 is 10.2 Å². The Bertz CT molecular complexity index is 301. The Hall–Kier alpha value is -0.900. The Labute approximate surface area is 83.6 Å². The van der Waals surface area contributed by atoms with Crippen LogP contribution in [0, 0.1) is 0 Å². The van der Waals surface area contributed by atoms with Crippen molar-refractivity contribution < 1.29 is 10.2 Å². The lowest BCUT2D eigenvalue weighted by atomic mass is 10.0. The van der Waals surface area contributed by atoms with E-state index >= 15 is 0 Å². The zero-order valence-corrected chi connectivity index (χ0v) is 8.17. The monoisotopic (exact) mass is 193 g/mol. The van der Waals surface area contributed by atoms with E-state index in [2.05, 4.69) is 0 Å². The van der Waals surface area contributed by atoms with Crippen molar-refractivity contribution in [2.24, 2.45) is 0 Å². The van der Waals surface area contributed by atoms with Crippen molar-refractivity contribution in [2.45, 2.75) is 18.2 Å². The first-order chi connectivity index (χ1) is 6.70. The van der Waals surface area contributed by atoms with Crippen molar-refractivity contribution in [1.29, 1.82) is 0 Å². The molecule has 1 aromatic rings. The molecular formula is C11H15NO2. The quantitative estimate of drug-likeness (QED) is 0.678. The lowest BCUT2D eigenvalue weighted by Gasteiger charge is -2.21. The average molecular weight is 193 g/mol. The summed E-state index contributed by atoms with van der Waals surface area (Å²) in [7, 11) is 1.91. The maximum atomic E-state index is 9.79. The molecule has 1 aromatic carbocycles. The van der Waals surface area contributed by atoms with Crippen molar-refractivity contribution >= 4 is 0 Å². The largest absolute Gasteiger partial charge is 0.389 e. The first kappa shape index (κ1) is 9.65. The number of rotatable bonds is 1. The Balaban J connectivity index is 2.26. The molecule has 0 bridgehead atoms. The highest BCUT2D eigenvalue weighted by molar-refractivity contribution is 5.22. The molecule has 0 radical (unpaired) electrons. The molecule has 1 fully saturated rings. The fraction of sp³-hybridized carbons (Fsp3) is 0.455. The third-order valence-corrected chi connectivity index (χ3v) is 2.81. The van der Waals surface area contributed by atoms with Gasteiger partial charge in [0.1, 0.15) is 6.10 Å². The summed E-state index contributed by atoms with van der Waals surface area (Å²) < 4.78 is 0. The molecule has 3 nitrogen and oxygen atoms in total. The highest BCUT2D eigenvalue weighted by Crippen LogP contribution is 2.30. The fourth-order valence-electron chi connectivity index (χ4n) is 2.09. The van der Waals surface area contributed by atoms with Crippen LogP contribution >= 0.6 is 0 Å². The van der Waals surface area contributed by atoms with E-state index in [1.54, 1.807) is 0 Å². The minimum atomic E-state index is -0.678. The smallest absolute Gasteiger partial charge is 0.101 e. The summed E-state index contributed by atoms with van der Waals surface area (Å²) in [5.41, 5.74) is 1.05. The lowest BCUT2D eigenvalue weighted by molar-refractivity contribution is 0.0381. The number of likely N-dealkylation sites (tertiary alicyclic amines) is 1. The standard InChI is InChI=1S/C11H15NO2/c1-12-7-9(13)11(14)10(12)8-5-3-2-4-6-8/h2-6,9-11,13-14H,7H2,1H3. The second kappa shape index (κ2) is 3.69. The molecule has 0 amide bonds. The maximum absolute atomic E-state index is 9.79. The van der Waals surface area contributed by atoms with E-state index in [0.717, 1.165) is 5.56 Å². The lowest BCUT2D eigenvalue weighted by Crippen LogP contribution is -2.26. The van der Waals surface area contributed by atoms with Gasteiger partial charge in [0, 0.05) is 6.54 Å². The Morgan fingerprint density at radius 1 is 1.21 bits per heavy atom. The third kappa shape index (κ3) is 1.54. The number of β-amino-alcohol motifs (C(OH)–C–C–N with tert-alkyl or cyclic N) is 1. The number of hydrogen-bond acceptors (Lipinski definition) is 3. The van der Waals surface area contributed by atoms with Gasteiger partial charge in [0.05, 0.1) is 12.1 Å². The molecular weight excluding hydrogens is 178 g/mol. The number of hydrogen-bond donors (Lipinski definition) is 2. The van der Waals surface area contributed by atoms with Crippen LogP contribution in [0.1, 0.15) is 11.6 Å². The third-order valence-electron chi connectivity index (χ3n) is 2.81. The van der Waals surface area contributed by atoms with E-state index in [1.807, 2.05) is 42.3 Å². The van der Waals surface area contributed by atoms with Crippen LogP contribution in [0.5, 0.6) is 0 Å². The van der Waals surface area contributed by atoms with Crippen molar-refractivity contribution in [3.63, 3.8) is 0 Å².